The number of nitrogens with zero attached hydrogens (tertiary/aromatic N) is 1. The van der Waals surface area contributed by atoms with Crippen molar-refractivity contribution in [3.63, 3.8) is 0 Å². The Kier molecular flexibility index (Phi) is 10.8. The zero-order valence-corrected chi connectivity index (χ0v) is 19.9. The molecule has 0 saturated heterocycles. The maximum Gasteiger partial charge on any atom is 0.297 e. The van der Waals surface area contributed by atoms with E-state index in [-0.39, 0.29) is 23.2 Å². The molecule has 2 rings (SSSR count). The molecule has 1 aromatic carbocycles. The standard InChI is InChI=1S/C26H41NO4/c1-5-7-9-11-12-13-17-27-23-19-21(28)15-16-22(23)24(30-18-14-10-8-6-2)25(26(27)29)31-20(3)4/h15-16,19-20,28H,5-14,17-18H2,1-4H3. The summed E-state index contributed by atoms with van der Waals surface area (Å²) in [6.07, 6.45) is 11.2. The summed E-state index contributed by atoms with van der Waals surface area (Å²) in [6.45, 7) is 9.38. The van der Waals surface area contributed by atoms with Crippen molar-refractivity contribution in [3.05, 3.63) is 28.6 Å². The molecule has 5 heteroatoms. The Morgan fingerprint density at radius 3 is 2.23 bits per heavy atom. The van der Waals surface area contributed by atoms with Crippen molar-refractivity contribution >= 4 is 10.9 Å². The van der Waals surface area contributed by atoms with E-state index in [2.05, 4.69) is 13.8 Å². The average Bonchev–Trinajstić information content (AvgIpc) is 2.74. The molecule has 0 aliphatic carbocycles. The van der Waals surface area contributed by atoms with Crippen LogP contribution in [0.25, 0.3) is 10.9 Å². The summed E-state index contributed by atoms with van der Waals surface area (Å²) >= 11 is 0. The minimum atomic E-state index is -0.177. The fourth-order valence-electron chi connectivity index (χ4n) is 3.85. The molecule has 1 heterocycles. The van der Waals surface area contributed by atoms with Crippen LogP contribution in [-0.2, 0) is 6.54 Å². The highest BCUT2D eigenvalue weighted by atomic mass is 16.5. The largest absolute Gasteiger partial charge is 0.508 e. The second kappa shape index (κ2) is 13.3. The second-order valence-corrected chi connectivity index (χ2v) is 8.66. The Morgan fingerprint density at radius 1 is 0.903 bits per heavy atom. The number of phenols is 1. The molecule has 5 nitrogen and oxygen atoms in total. The number of benzene rings is 1. The Bertz CT molecular complexity index is 857. The molecule has 174 valence electrons. The van der Waals surface area contributed by atoms with Gasteiger partial charge in [0.2, 0.25) is 5.75 Å². The fourth-order valence-corrected chi connectivity index (χ4v) is 3.85. The van der Waals surface area contributed by atoms with E-state index >= 15 is 0 Å². The Balaban J connectivity index is 2.36. The molecule has 0 unspecified atom stereocenters. The lowest BCUT2D eigenvalue weighted by Gasteiger charge is -2.20. The molecule has 0 atom stereocenters. The van der Waals surface area contributed by atoms with Crippen LogP contribution in [0.4, 0.5) is 0 Å². The van der Waals surface area contributed by atoms with E-state index in [0.717, 1.165) is 31.1 Å². The number of fused-ring (bicyclic) bond motifs is 1. The molecule has 31 heavy (non-hydrogen) atoms. The van der Waals surface area contributed by atoms with Crippen molar-refractivity contribution in [2.75, 3.05) is 6.61 Å². The van der Waals surface area contributed by atoms with Gasteiger partial charge in [-0.05, 0) is 38.8 Å². The SMILES string of the molecule is CCCCCCCCn1c(=O)c(OC(C)C)c(OCCCCCC)c2ccc(O)cc21. The zero-order chi connectivity index (χ0) is 22.6. The number of aromatic nitrogens is 1. The average molecular weight is 432 g/mol. The fraction of sp³-hybridized carbons (Fsp3) is 0.654. The highest BCUT2D eigenvalue weighted by Gasteiger charge is 2.21. The summed E-state index contributed by atoms with van der Waals surface area (Å²) in [5, 5.41) is 10.9. The molecule has 0 spiro atoms. The van der Waals surface area contributed by atoms with Crippen molar-refractivity contribution < 1.29 is 14.6 Å². The van der Waals surface area contributed by atoms with Gasteiger partial charge in [-0.3, -0.25) is 4.79 Å². The number of hydrogen-bond donors (Lipinski definition) is 1. The molecular weight excluding hydrogens is 390 g/mol. The highest BCUT2D eigenvalue weighted by molar-refractivity contribution is 5.89. The predicted molar refractivity (Wildman–Crippen MR) is 129 cm³/mol. The molecule has 2 aromatic rings. The number of rotatable bonds is 15. The molecule has 0 aliphatic heterocycles. The first-order valence-electron chi connectivity index (χ1n) is 12.2. The van der Waals surface area contributed by atoms with Crippen molar-refractivity contribution in [2.24, 2.45) is 0 Å². The molecule has 0 fully saturated rings. The van der Waals surface area contributed by atoms with Crippen molar-refractivity contribution in [2.45, 2.75) is 105 Å². The number of aryl methyl sites for hydroxylation is 1. The first-order chi connectivity index (χ1) is 15.0. The third-order valence-corrected chi connectivity index (χ3v) is 5.50. The van der Waals surface area contributed by atoms with E-state index in [1.807, 2.05) is 19.9 Å². The molecule has 1 N–H and O–H groups in total. The lowest BCUT2D eigenvalue weighted by Crippen LogP contribution is -2.25. The summed E-state index contributed by atoms with van der Waals surface area (Å²) < 4.78 is 13.8. The van der Waals surface area contributed by atoms with Gasteiger partial charge in [0.15, 0.2) is 5.75 Å². The Morgan fingerprint density at radius 2 is 1.55 bits per heavy atom. The number of hydrogen-bond acceptors (Lipinski definition) is 4. The molecule has 0 radical (unpaired) electrons. The summed E-state index contributed by atoms with van der Waals surface area (Å²) in [5.41, 5.74) is 0.530. The smallest absolute Gasteiger partial charge is 0.297 e. The van der Waals surface area contributed by atoms with Crippen molar-refractivity contribution in [1.29, 1.82) is 0 Å². The van der Waals surface area contributed by atoms with Crippen LogP contribution in [0.15, 0.2) is 23.0 Å². The number of ether oxygens (including phenoxy) is 2. The van der Waals surface area contributed by atoms with E-state index in [4.69, 9.17) is 9.47 Å². The van der Waals surface area contributed by atoms with E-state index < -0.39 is 0 Å². The maximum absolute atomic E-state index is 13.4. The van der Waals surface area contributed by atoms with Crippen LogP contribution in [0.3, 0.4) is 0 Å². The van der Waals surface area contributed by atoms with Gasteiger partial charge in [-0.15, -0.1) is 0 Å². The summed E-state index contributed by atoms with van der Waals surface area (Å²) in [6, 6.07) is 5.14. The van der Waals surface area contributed by atoms with Crippen LogP contribution >= 0.6 is 0 Å². The number of phenolic OH excluding ortho intramolecular Hbond substituents is 1. The van der Waals surface area contributed by atoms with Crippen LogP contribution in [0.5, 0.6) is 17.2 Å². The summed E-state index contributed by atoms with van der Waals surface area (Å²) in [7, 11) is 0. The van der Waals surface area contributed by atoms with Crippen molar-refractivity contribution in [3.8, 4) is 17.2 Å². The normalized spacial score (nSPS) is 11.4. The molecule has 0 aliphatic rings. The third-order valence-electron chi connectivity index (χ3n) is 5.50. The summed E-state index contributed by atoms with van der Waals surface area (Å²) in [5.74, 6) is 0.939. The second-order valence-electron chi connectivity index (χ2n) is 8.66. The van der Waals surface area contributed by atoms with Gasteiger partial charge in [-0.25, -0.2) is 0 Å². The third kappa shape index (κ3) is 7.48. The predicted octanol–water partition coefficient (Wildman–Crippen LogP) is 6.81. The van der Waals surface area contributed by atoms with Gasteiger partial charge in [0.05, 0.1) is 18.2 Å². The Hall–Kier alpha value is -2.17. The van der Waals surface area contributed by atoms with E-state index in [1.165, 1.54) is 38.5 Å². The molecule has 1 aromatic heterocycles. The molecule has 0 bridgehead atoms. The van der Waals surface area contributed by atoms with Gasteiger partial charge in [0.25, 0.3) is 5.56 Å². The zero-order valence-electron chi connectivity index (χ0n) is 19.9. The molecule has 0 amide bonds. The van der Waals surface area contributed by atoms with Gasteiger partial charge >= 0.3 is 0 Å². The highest BCUT2D eigenvalue weighted by Crippen LogP contribution is 2.35. The minimum absolute atomic E-state index is 0.132. The van der Waals surface area contributed by atoms with E-state index in [0.29, 0.717) is 24.4 Å². The summed E-state index contributed by atoms with van der Waals surface area (Å²) in [4.78, 5) is 13.4. The van der Waals surface area contributed by atoms with Gasteiger partial charge in [-0.2, -0.15) is 0 Å². The number of aromatic hydroxyl groups is 1. The van der Waals surface area contributed by atoms with Gasteiger partial charge < -0.3 is 19.1 Å². The quantitative estimate of drug-likeness (QED) is 0.315. The first-order valence-corrected chi connectivity index (χ1v) is 12.2. The van der Waals surface area contributed by atoms with Crippen molar-refractivity contribution in [1.82, 2.24) is 4.57 Å². The van der Waals surface area contributed by atoms with Gasteiger partial charge in [0, 0.05) is 18.0 Å². The maximum atomic E-state index is 13.4. The Labute approximate surface area is 187 Å². The number of unbranched alkanes of at least 4 members (excludes halogenated alkanes) is 8. The van der Waals surface area contributed by atoms with E-state index in [9.17, 15) is 9.90 Å². The van der Waals surface area contributed by atoms with E-state index in [1.54, 1.807) is 16.7 Å². The lowest BCUT2D eigenvalue weighted by molar-refractivity contribution is 0.216. The molecule has 0 saturated carbocycles. The topological polar surface area (TPSA) is 60.7 Å². The minimum Gasteiger partial charge on any atom is -0.508 e. The van der Waals surface area contributed by atoms with Crippen LogP contribution in [0.2, 0.25) is 0 Å². The molecular formula is C26H41NO4. The van der Waals surface area contributed by atoms with Gasteiger partial charge in [-0.1, -0.05) is 65.2 Å². The monoisotopic (exact) mass is 431 g/mol. The lowest BCUT2D eigenvalue weighted by atomic mass is 10.1. The number of pyridine rings is 1. The van der Waals surface area contributed by atoms with Gasteiger partial charge in [0.1, 0.15) is 5.75 Å². The van der Waals surface area contributed by atoms with Crippen LogP contribution in [-0.4, -0.2) is 22.4 Å². The van der Waals surface area contributed by atoms with Crippen LogP contribution in [0.1, 0.15) is 91.9 Å². The van der Waals surface area contributed by atoms with Crippen LogP contribution < -0.4 is 15.0 Å². The van der Waals surface area contributed by atoms with Crippen LogP contribution in [0, 0.1) is 0 Å². The first kappa shape index (κ1) is 25.1.